The largest absolute Gasteiger partial charge is 0.342 e. The predicted molar refractivity (Wildman–Crippen MR) is 81.6 cm³/mol. The first-order valence-corrected chi connectivity index (χ1v) is 8.89. The first-order chi connectivity index (χ1) is 9.86. The number of hydrogen-bond donors (Lipinski definition) is 0. The molecule has 3 heteroatoms. The summed E-state index contributed by atoms with van der Waals surface area (Å²) in [7, 11) is 0. The van der Waals surface area contributed by atoms with Gasteiger partial charge in [0.2, 0.25) is 5.91 Å². The van der Waals surface area contributed by atoms with Crippen molar-refractivity contribution in [1.82, 2.24) is 9.80 Å². The highest BCUT2D eigenvalue weighted by Gasteiger charge is 2.37. The number of amides is 1. The van der Waals surface area contributed by atoms with Crippen LogP contribution in [0.25, 0.3) is 0 Å². The van der Waals surface area contributed by atoms with Crippen LogP contribution in [0.15, 0.2) is 0 Å². The van der Waals surface area contributed by atoms with Gasteiger partial charge in [-0.3, -0.25) is 9.69 Å². The first kappa shape index (κ1) is 14.4. The number of rotatable bonds is 2. The Morgan fingerprint density at radius 2 is 1.30 bits per heavy atom. The van der Waals surface area contributed by atoms with E-state index in [2.05, 4.69) is 9.80 Å². The molecular formula is C17H30N2O. The molecule has 3 fully saturated rings. The number of nitrogens with zero attached hydrogens (tertiary/aromatic N) is 2. The van der Waals surface area contributed by atoms with Crippen molar-refractivity contribution >= 4 is 5.91 Å². The van der Waals surface area contributed by atoms with E-state index in [4.69, 9.17) is 0 Å². The van der Waals surface area contributed by atoms with Gasteiger partial charge in [0, 0.05) is 19.1 Å². The van der Waals surface area contributed by atoms with Gasteiger partial charge in [-0.15, -0.1) is 0 Å². The van der Waals surface area contributed by atoms with Gasteiger partial charge in [-0.1, -0.05) is 19.3 Å². The molecule has 0 N–H and O–H groups in total. The van der Waals surface area contributed by atoms with Crippen molar-refractivity contribution < 1.29 is 4.79 Å². The number of carbonyl (C=O) groups is 1. The lowest BCUT2D eigenvalue weighted by molar-refractivity contribution is -0.140. The van der Waals surface area contributed by atoms with Crippen molar-refractivity contribution in [2.24, 2.45) is 5.92 Å². The molecule has 2 atom stereocenters. The van der Waals surface area contributed by atoms with E-state index in [1.54, 1.807) is 0 Å². The lowest BCUT2D eigenvalue weighted by atomic mass is 9.81. The molecule has 2 aliphatic heterocycles. The van der Waals surface area contributed by atoms with Gasteiger partial charge >= 0.3 is 0 Å². The van der Waals surface area contributed by atoms with Crippen LogP contribution in [0.5, 0.6) is 0 Å². The molecule has 114 valence electrons. The van der Waals surface area contributed by atoms with Gasteiger partial charge in [0.25, 0.3) is 0 Å². The van der Waals surface area contributed by atoms with Crippen LogP contribution >= 0.6 is 0 Å². The van der Waals surface area contributed by atoms with E-state index in [-0.39, 0.29) is 0 Å². The third-order valence-corrected chi connectivity index (χ3v) is 5.57. The Balaban J connectivity index is 1.65. The third-order valence-electron chi connectivity index (χ3n) is 5.57. The topological polar surface area (TPSA) is 23.6 Å². The van der Waals surface area contributed by atoms with E-state index in [0.29, 0.717) is 17.9 Å². The van der Waals surface area contributed by atoms with Crippen LogP contribution < -0.4 is 0 Å². The molecule has 0 bridgehead atoms. The van der Waals surface area contributed by atoms with Gasteiger partial charge in [0.15, 0.2) is 0 Å². The van der Waals surface area contributed by atoms with E-state index < -0.39 is 0 Å². The van der Waals surface area contributed by atoms with Crippen LogP contribution in [0.3, 0.4) is 0 Å². The van der Waals surface area contributed by atoms with Gasteiger partial charge in [-0.2, -0.15) is 0 Å². The summed E-state index contributed by atoms with van der Waals surface area (Å²) in [6.07, 6.45) is 12.8. The molecule has 0 unspecified atom stereocenters. The van der Waals surface area contributed by atoms with Crippen molar-refractivity contribution in [3.8, 4) is 0 Å². The minimum atomic E-state index is 0.306. The summed E-state index contributed by atoms with van der Waals surface area (Å²) in [6, 6.07) is 0.554. The predicted octanol–water partition coefficient (Wildman–Crippen LogP) is 3.04. The van der Waals surface area contributed by atoms with Gasteiger partial charge in [0.05, 0.1) is 5.92 Å². The molecule has 20 heavy (non-hydrogen) atoms. The second-order valence-electron chi connectivity index (χ2n) is 6.94. The number of piperidine rings is 2. The molecule has 1 aliphatic carbocycles. The average molecular weight is 278 g/mol. The fraction of sp³-hybridized carbons (Fsp3) is 0.941. The highest BCUT2D eigenvalue weighted by molar-refractivity contribution is 5.79. The van der Waals surface area contributed by atoms with E-state index in [9.17, 15) is 4.79 Å². The molecule has 0 aromatic rings. The summed E-state index contributed by atoms with van der Waals surface area (Å²) in [5.41, 5.74) is 0. The number of hydrogen-bond acceptors (Lipinski definition) is 2. The van der Waals surface area contributed by atoms with E-state index in [1.165, 1.54) is 70.9 Å². The SMILES string of the molecule is O=C([C@H]1CCCC[C@H]1N1CCCCC1)N1CCCCC1. The summed E-state index contributed by atoms with van der Waals surface area (Å²) < 4.78 is 0. The summed E-state index contributed by atoms with van der Waals surface area (Å²) in [5.74, 6) is 0.792. The van der Waals surface area contributed by atoms with Crippen molar-refractivity contribution in [1.29, 1.82) is 0 Å². The second-order valence-corrected chi connectivity index (χ2v) is 6.94. The second kappa shape index (κ2) is 6.93. The van der Waals surface area contributed by atoms with Crippen LogP contribution in [0.4, 0.5) is 0 Å². The van der Waals surface area contributed by atoms with Gasteiger partial charge in [-0.25, -0.2) is 0 Å². The van der Waals surface area contributed by atoms with E-state index in [1.807, 2.05) is 0 Å². The summed E-state index contributed by atoms with van der Waals surface area (Å²) in [5, 5.41) is 0. The smallest absolute Gasteiger partial charge is 0.227 e. The maximum Gasteiger partial charge on any atom is 0.227 e. The Morgan fingerprint density at radius 1 is 0.700 bits per heavy atom. The van der Waals surface area contributed by atoms with Crippen molar-refractivity contribution in [3.63, 3.8) is 0 Å². The van der Waals surface area contributed by atoms with Crippen molar-refractivity contribution in [2.45, 2.75) is 70.3 Å². The van der Waals surface area contributed by atoms with Crippen molar-refractivity contribution in [3.05, 3.63) is 0 Å². The lowest BCUT2D eigenvalue weighted by Crippen LogP contribution is -2.51. The maximum absolute atomic E-state index is 12.9. The quantitative estimate of drug-likeness (QED) is 0.775. The van der Waals surface area contributed by atoms with Gasteiger partial charge in [-0.05, 0) is 58.0 Å². The molecular weight excluding hydrogens is 248 g/mol. The summed E-state index contributed by atoms with van der Waals surface area (Å²) in [6.45, 7) is 4.49. The van der Waals surface area contributed by atoms with E-state index in [0.717, 1.165) is 19.5 Å². The Labute approximate surface area is 123 Å². The van der Waals surface area contributed by atoms with Gasteiger partial charge < -0.3 is 4.90 Å². The van der Waals surface area contributed by atoms with Crippen molar-refractivity contribution in [2.75, 3.05) is 26.2 Å². The van der Waals surface area contributed by atoms with Crippen LogP contribution in [0.1, 0.15) is 64.2 Å². The minimum Gasteiger partial charge on any atom is -0.342 e. The fourth-order valence-electron chi connectivity index (χ4n) is 4.44. The molecule has 1 amide bonds. The first-order valence-electron chi connectivity index (χ1n) is 8.89. The van der Waals surface area contributed by atoms with Crippen LogP contribution in [-0.4, -0.2) is 47.9 Å². The average Bonchev–Trinajstić information content (AvgIpc) is 2.56. The Hall–Kier alpha value is -0.570. The Bertz CT molecular complexity index is 319. The zero-order valence-corrected chi connectivity index (χ0v) is 12.9. The molecule has 3 aliphatic rings. The maximum atomic E-state index is 12.9. The molecule has 0 aromatic carbocycles. The van der Waals surface area contributed by atoms with Crippen LogP contribution in [0, 0.1) is 5.92 Å². The Kier molecular flexibility index (Phi) is 4.98. The molecule has 2 saturated heterocycles. The molecule has 0 radical (unpaired) electrons. The molecule has 0 spiro atoms. The molecule has 2 heterocycles. The minimum absolute atomic E-state index is 0.306. The monoisotopic (exact) mass is 278 g/mol. The highest BCUT2D eigenvalue weighted by atomic mass is 16.2. The van der Waals surface area contributed by atoms with Crippen LogP contribution in [-0.2, 0) is 4.79 Å². The zero-order chi connectivity index (χ0) is 13.8. The molecule has 1 saturated carbocycles. The fourth-order valence-corrected chi connectivity index (χ4v) is 4.44. The lowest BCUT2D eigenvalue weighted by Gasteiger charge is -2.43. The zero-order valence-electron chi connectivity index (χ0n) is 12.9. The molecule has 0 aromatic heterocycles. The van der Waals surface area contributed by atoms with E-state index >= 15 is 0 Å². The molecule has 3 nitrogen and oxygen atoms in total. The van der Waals surface area contributed by atoms with Gasteiger partial charge in [0.1, 0.15) is 0 Å². The summed E-state index contributed by atoms with van der Waals surface area (Å²) >= 11 is 0. The Morgan fingerprint density at radius 3 is 2.00 bits per heavy atom. The molecule has 3 rings (SSSR count). The summed E-state index contributed by atoms with van der Waals surface area (Å²) in [4.78, 5) is 17.7. The highest BCUT2D eigenvalue weighted by Crippen LogP contribution is 2.32. The number of likely N-dealkylation sites (tertiary alicyclic amines) is 2. The number of carbonyl (C=O) groups excluding carboxylic acids is 1. The van der Waals surface area contributed by atoms with Crippen LogP contribution in [0.2, 0.25) is 0 Å². The standard InChI is InChI=1S/C17H30N2O/c20-17(19-13-7-2-8-14-19)15-9-3-4-10-16(15)18-11-5-1-6-12-18/h15-16H,1-14H2/t15-,16+/m0/s1. The normalized spacial score (nSPS) is 33.1. The third kappa shape index (κ3) is 3.19.